The summed E-state index contributed by atoms with van der Waals surface area (Å²) in [4.78, 5) is 23.8. The first-order valence-electron chi connectivity index (χ1n) is 6.09. The zero-order valence-electron chi connectivity index (χ0n) is 10.8. The molecule has 6 heteroatoms. The first kappa shape index (κ1) is 12.8. The Balaban J connectivity index is 2.24. The Kier molecular flexibility index (Phi) is 3.76. The lowest BCUT2D eigenvalue weighted by molar-refractivity contribution is 0.0690. The molecule has 1 N–H and O–H groups in total. The van der Waals surface area contributed by atoms with Gasteiger partial charge in [0.05, 0.1) is 0 Å². The molecule has 2 heterocycles. The minimum atomic E-state index is -1.01. The van der Waals surface area contributed by atoms with Gasteiger partial charge in [-0.15, -0.1) is 0 Å². The van der Waals surface area contributed by atoms with Gasteiger partial charge in [0.15, 0.2) is 5.69 Å². The maximum atomic E-state index is 11.0. The zero-order valence-corrected chi connectivity index (χ0v) is 10.8. The predicted molar refractivity (Wildman–Crippen MR) is 68.1 cm³/mol. The molecule has 1 fully saturated rings. The van der Waals surface area contributed by atoms with Crippen LogP contribution >= 0.6 is 0 Å². The molecule has 0 unspecified atom stereocenters. The fourth-order valence-electron chi connectivity index (χ4n) is 2.05. The van der Waals surface area contributed by atoms with Crippen LogP contribution in [0.1, 0.15) is 22.6 Å². The van der Waals surface area contributed by atoms with Gasteiger partial charge in [-0.1, -0.05) is 0 Å². The summed E-state index contributed by atoms with van der Waals surface area (Å²) in [6, 6.07) is 1.50. The third kappa shape index (κ3) is 2.95. The van der Waals surface area contributed by atoms with Crippen molar-refractivity contribution < 1.29 is 9.90 Å². The molecule has 0 atom stereocenters. The molecule has 0 aromatic carbocycles. The van der Waals surface area contributed by atoms with E-state index in [1.54, 1.807) is 6.92 Å². The van der Waals surface area contributed by atoms with Gasteiger partial charge >= 0.3 is 5.97 Å². The summed E-state index contributed by atoms with van der Waals surface area (Å²) in [5, 5.41) is 9.01. The first-order chi connectivity index (χ1) is 8.56. The van der Waals surface area contributed by atoms with Gasteiger partial charge in [-0.2, -0.15) is 0 Å². The van der Waals surface area contributed by atoms with E-state index in [9.17, 15) is 4.79 Å². The maximum absolute atomic E-state index is 11.0. The van der Waals surface area contributed by atoms with E-state index < -0.39 is 5.97 Å². The quantitative estimate of drug-likeness (QED) is 0.830. The van der Waals surface area contributed by atoms with Crippen molar-refractivity contribution in [2.45, 2.75) is 13.3 Å². The second-order valence-electron chi connectivity index (χ2n) is 4.64. The van der Waals surface area contributed by atoms with Crippen molar-refractivity contribution in [2.75, 3.05) is 38.1 Å². The van der Waals surface area contributed by atoms with Crippen LogP contribution < -0.4 is 4.90 Å². The molecule has 0 saturated carbocycles. The smallest absolute Gasteiger partial charge is 0.354 e. The summed E-state index contributed by atoms with van der Waals surface area (Å²) >= 11 is 0. The molecule has 0 radical (unpaired) electrons. The molecule has 1 aliphatic rings. The average molecular weight is 250 g/mol. The molecule has 1 aromatic heterocycles. The molecule has 1 aromatic rings. The third-order valence-electron chi connectivity index (χ3n) is 3.06. The van der Waals surface area contributed by atoms with Gasteiger partial charge in [0.1, 0.15) is 0 Å². The van der Waals surface area contributed by atoms with E-state index in [0.29, 0.717) is 11.6 Å². The van der Waals surface area contributed by atoms with Crippen LogP contribution in [0.3, 0.4) is 0 Å². The lowest BCUT2D eigenvalue weighted by Crippen LogP contribution is -2.30. The largest absolute Gasteiger partial charge is 0.477 e. The van der Waals surface area contributed by atoms with Crippen LogP contribution in [-0.4, -0.2) is 59.2 Å². The fourth-order valence-corrected chi connectivity index (χ4v) is 2.05. The van der Waals surface area contributed by atoms with Gasteiger partial charge in [-0.05, 0) is 33.0 Å². The summed E-state index contributed by atoms with van der Waals surface area (Å²) in [7, 11) is 2.09. The molecule has 98 valence electrons. The normalized spacial score (nSPS) is 17.6. The molecule has 1 saturated heterocycles. The number of anilines is 1. The molecule has 6 nitrogen and oxygen atoms in total. The summed E-state index contributed by atoms with van der Waals surface area (Å²) < 4.78 is 0. The zero-order chi connectivity index (χ0) is 13.1. The van der Waals surface area contributed by atoms with Crippen LogP contribution in [0.2, 0.25) is 0 Å². The predicted octanol–water partition coefficient (Wildman–Crippen LogP) is 0.625. The van der Waals surface area contributed by atoms with E-state index in [2.05, 4.69) is 26.8 Å². The molecular weight excluding hydrogens is 232 g/mol. The van der Waals surface area contributed by atoms with E-state index >= 15 is 0 Å². The van der Waals surface area contributed by atoms with Crippen LogP contribution in [0.4, 0.5) is 5.95 Å². The minimum Gasteiger partial charge on any atom is -0.477 e. The SMILES string of the molecule is Cc1cc(C(=O)O)nc(N2CCCN(C)CC2)n1. The molecule has 18 heavy (non-hydrogen) atoms. The second-order valence-corrected chi connectivity index (χ2v) is 4.64. The Hall–Kier alpha value is -1.69. The molecule has 0 amide bonds. The Labute approximate surface area is 106 Å². The summed E-state index contributed by atoms with van der Waals surface area (Å²) in [6.45, 7) is 5.49. The van der Waals surface area contributed by atoms with Crippen molar-refractivity contribution in [1.29, 1.82) is 0 Å². The second kappa shape index (κ2) is 5.30. The summed E-state index contributed by atoms with van der Waals surface area (Å²) in [5.74, 6) is -0.476. The number of aromatic carboxylic acids is 1. The van der Waals surface area contributed by atoms with Gasteiger partial charge in [-0.25, -0.2) is 14.8 Å². The number of aromatic nitrogens is 2. The van der Waals surface area contributed by atoms with E-state index in [4.69, 9.17) is 5.11 Å². The molecule has 2 rings (SSSR count). The molecule has 0 aliphatic carbocycles. The Morgan fingerprint density at radius 3 is 2.78 bits per heavy atom. The van der Waals surface area contributed by atoms with Crippen molar-refractivity contribution in [3.63, 3.8) is 0 Å². The summed E-state index contributed by atoms with van der Waals surface area (Å²) in [6.07, 6.45) is 1.04. The average Bonchev–Trinajstić information content (AvgIpc) is 2.53. The van der Waals surface area contributed by atoms with E-state index in [-0.39, 0.29) is 5.69 Å². The maximum Gasteiger partial charge on any atom is 0.354 e. The Morgan fingerprint density at radius 1 is 1.28 bits per heavy atom. The number of carbonyl (C=O) groups is 1. The van der Waals surface area contributed by atoms with Crippen LogP contribution in [0.25, 0.3) is 0 Å². The number of aryl methyl sites for hydroxylation is 1. The number of carboxylic acid groups (broad SMARTS) is 1. The monoisotopic (exact) mass is 250 g/mol. The lowest BCUT2D eigenvalue weighted by atomic mass is 10.3. The number of nitrogens with zero attached hydrogens (tertiary/aromatic N) is 4. The standard InChI is InChI=1S/C12H18N4O2/c1-9-8-10(11(17)18)14-12(13-9)16-5-3-4-15(2)6-7-16/h8H,3-7H2,1-2H3,(H,17,18). The van der Waals surface area contributed by atoms with Gasteiger partial charge in [0.25, 0.3) is 0 Å². The van der Waals surface area contributed by atoms with Crippen LogP contribution in [-0.2, 0) is 0 Å². The van der Waals surface area contributed by atoms with Gasteiger partial charge < -0.3 is 14.9 Å². The summed E-state index contributed by atoms with van der Waals surface area (Å²) in [5.41, 5.74) is 0.755. The number of hydrogen-bond acceptors (Lipinski definition) is 5. The highest BCUT2D eigenvalue weighted by Crippen LogP contribution is 2.13. The van der Waals surface area contributed by atoms with E-state index in [1.807, 2.05) is 0 Å². The highest BCUT2D eigenvalue weighted by atomic mass is 16.4. The van der Waals surface area contributed by atoms with Crippen LogP contribution in [0.5, 0.6) is 0 Å². The highest BCUT2D eigenvalue weighted by Gasteiger charge is 2.17. The van der Waals surface area contributed by atoms with Gasteiger partial charge in [0.2, 0.25) is 5.95 Å². The van der Waals surface area contributed by atoms with Crippen molar-refractivity contribution in [3.05, 3.63) is 17.5 Å². The Bertz CT molecular complexity index is 450. The van der Waals surface area contributed by atoms with E-state index in [1.165, 1.54) is 6.07 Å². The van der Waals surface area contributed by atoms with Crippen LogP contribution in [0, 0.1) is 6.92 Å². The lowest BCUT2D eigenvalue weighted by Gasteiger charge is -2.20. The van der Waals surface area contributed by atoms with Crippen molar-refractivity contribution >= 4 is 11.9 Å². The van der Waals surface area contributed by atoms with Crippen LogP contribution in [0.15, 0.2) is 6.07 Å². The fraction of sp³-hybridized carbons (Fsp3) is 0.583. The third-order valence-corrected chi connectivity index (χ3v) is 3.06. The van der Waals surface area contributed by atoms with E-state index in [0.717, 1.165) is 32.6 Å². The van der Waals surface area contributed by atoms with Gasteiger partial charge in [-0.3, -0.25) is 0 Å². The molecule has 0 bridgehead atoms. The van der Waals surface area contributed by atoms with Crippen molar-refractivity contribution in [3.8, 4) is 0 Å². The number of rotatable bonds is 2. The molecule has 0 spiro atoms. The van der Waals surface area contributed by atoms with Crippen molar-refractivity contribution in [2.24, 2.45) is 0 Å². The van der Waals surface area contributed by atoms with Crippen molar-refractivity contribution in [1.82, 2.24) is 14.9 Å². The number of hydrogen-bond donors (Lipinski definition) is 1. The molecule has 1 aliphatic heterocycles. The minimum absolute atomic E-state index is 0.0649. The Morgan fingerprint density at radius 2 is 2.06 bits per heavy atom. The topological polar surface area (TPSA) is 69.6 Å². The number of likely N-dealkylation sites (N-methyl/N-ethyl adjacent to an activating group) is 1. The highest BCUT2D eigenvalue weighted by molar-refractivity contribution is 5.85. The number of carboxylic acids is 1. The first-order valence-corrected chi connectivity index (χ1v) is 6.09. The van der Waals surface area contributed by atoms with Gasteiger partial charge in [0, 0.05) is 25.3 Å². The molecular formula is C12H18N4O2.